The van der Waals surface area contributed by atoms with E-state index in [9.17, 15) is 18.4 Å². The molecule has 0 saturated carbocycles. The number of aliphatic hydroxyl groups excluding tert-OH is 1. The van der Waals surface area contributed by atoms with Crippen LogP contribution in [0.25, 0.3) is 11.3 Å². The first kappa shape index (κ1) is 23.8. The normalized spacial score (nSPS) is 15.2. The van der Waals surface area contributed by atoms with E-state index in [1.54, 1.807) is 0 Å². The number of halogens is 2. The standard InChI is InChI=1S/C22H29F2N5O3/c1-22(2,3)19(20(31)25-8-10-30)26-21(32)29-17-7-9-28(4)12-14(17)18(27-29)13-5-6-15(23)16(24)11-13/h5-6,11,19,30H,7-10,12H2,1-4H3,(H,25,31)(H,26,32). The van der Waals surface area contributed by atoms with Crippen LogP contribution in [0.1, 0.15) is 32.0 Å². The van der Waals surface area contributed by atoms with Crippen molar-refractivity contribution < 1.29 is 23.5 Å². The van der Waals surface area contributed by atoms with Gasteiger partial charge in [0.1, 0.15) is 6.04 Å². The number of rotatable bonds is 5. The first-order chi connectivity index (χ1) is 15.0. The maximum absolute atomic E-state index is 13.9. The van der Waals surface area contributed by atoms with Crippen LogP contribution >= 0.6 is 0 Å². The summed E-state index contributed by atoms with van der Waals surface area (Å²) in [5.41, 5.74) is 1.60. The average Bonchev–Trinajstić information content (AvgIpc) is 3.10. The van der Waals surface area contributed by atoms with Gasteiger partial charge in [-0.25, -0.2) is 13.6 Å². The van der Waals surface area contributed by atoms with Gasteiger partial charge in [-0.05, 0) is 30.7 Å². The summed E-state index contributed by atoms with van der Waals surface area (Å²) < 4.78 is 28.5. The van der Waals surface area contributed by atoms with Gasteiger partial charge in [0.05, 0.1) is 18.0 Å². The Morgan fingerprint density at radius 2 is 1.97 bits per heavy atom. The molecule has 1 aromatic carbocycles. The first-order valence-corrected chi connectivity index (χ1v) is 10.5. The molecular formula is C22H29F2N5O3. The molecular weight excluding hydrogens is 420 g/mol. The van der Waals surface area contributed by atoms with Crippen molar-refractivity contribution in [3.05, 3.63) is 41.1 Å². The smallest absolute Gasteiger partial charge is 0.343 e. The second-order valence-corrected chi connectivity index (χ2v) is 9.07. The maximum Gasteiger partial charge on any atom is 0.343 e. The van der Waals surface area contributed by atoms with Gasteiger partial charge in [-0.1, -0.05) is 20.8 Å². The number of nitrogens with one attached hydrogen (secondary N) is 2. The van der Waals surface area contributed by atoms with Gasteiger partial charge >= 0.3 is 6.03 Å². The molecule has 10 heteroatoms. The zero-order chi connectivity index (χ0) is 23.6. The molecule has 1 atom stereocenters. The van der Waals surface area contributed by atoms with Crippen LogP contribution in [0.15, 0.2) is 18.2 Å². The summed E-state index contributed by atoms with van der Waals surface area (Å²) in [5.74, 6) is -2.37. The van der Waals surface area contributed by atoms with E-state index in [1.807, 2.05) is 27.8 Å². The Morgan fingerprint density at radius 3 is 2.59 bits per heavy atom. The van der Waals surface area contributed by atoms with Crippen molar-refractivity contribution in [2.45, 2.75) is 39.8 Å². The van der Waals surface area contributed by atoms with Crippen LogP contribution in [0.3, 0.4) is 0 Å². The van der Waals surface area contributed by atoms with Crippen molar-refractivity contribution in [2.24, 2.45) is 5.41 Å². The third-order valence-electron chi connectivity index (χ3n) is 5.44. The Balaban J connectivity index is 1.98. The highest BCUT2D eigenvalue weighted by Crippen LogP contribution is 2.30. The fourth-order valence-electron chi connectivity index (χ4n) is 3.74. The quantitative estimate of drug-likeness (QED) is 0.648. The molecule has 0 bridgehead atoms. The monoisotopic (exact) mass is 449 g/mol. The van der Waals surface area contributed by atoms with E-state index in [0.29, 0.717) is 36.5 Å². The van der Waals surface area contributed by atoms with Crippen molar-refractivity contribution in [3.8, 4) is 11.3 Å². The van der Waals surface area contributed by atoms with Crippen molar-refractivity contribution in [1.82, 2.24) is 25.3 Å². The van der Waals surface area contributed by atoms with Crippen LogP contribution in [-0.2, 0) is 17.8 Å². The summed E-state index contributed by atoms with van der Waals surface area (Å²) in [4.78, 5) is 27.9. The van der Waals surface area contributed by atoms with Crippen LogP contribution in [0.4, 0.5) is 13.6 Å². The molecule has 32 heavy (non-hydrogen) atoms. The molecule has 0 radical (unpaired) electrons. The molecule has 3 rings (SSSR count). The van der Waals surface area contributed by atoms with Crippen LogP contribution in [0.5, 0.6) is 0 Å². The molecule has 0 spiro atoms. The molecule has 174 valence electrons. The Kier molecular flexibility index (Phi) is 6.94. The van der Waals surface area contributed by atoms with Crippen molar-refractivity contribution >= 4 is 11.9 Å². The maximum atomic E-state index is 13.9. The minimum Gasteiger partial charge on any atom is -0.395 e. The van der Waals surface area contributed by atoms with Gasteiger partial charge in [-0.15, -0.1) is 0 Å². The zero-order valence-corrected chi connectivity index (χ0v) is 18.7. The van der Waals surface area contributed by atoms with Crippen LogP contribution < -0.4 is 10.6 Å². The van der Waals surface area contributed by atoms with Crippen molar-refractivity contribution in [2.75, 3.05) is 26.7 Å². The Morgan fingerprint density at radius 1 is 1.25 bits per heavy atom. The lowest BCUT2D eigenvalue weighted by Crippen LogP contribution is -2.55. The van der Waals surface area contributed by atoms with Gasteiger partial charge in [0.2, 0.25) is 5.91 Å². The Hall–Kier alpha value is -2.85. The second-order valence-electron chi connectivity index (χ2n) is 9.07. The van der Waals surface area contributed by atoms with Crippen LogP contribution in [0, 0.1) is 17.0 Å². The molecule has 1 unspecified atom stereocenters. The predicted octanol–water partition coefficient (Wildman–Crippen LogP) is 1.90. The summed E-state index contributed by atoms with van der Waals surface area (Å²) in [6.07, 6.45) is 0.535. The highest BCUT2D eigenvalue weighted by atomic mass is 19.2. The number of hydrogen-bond acceptors (Lipinski definition) is 5. The molecule has 1 aromatic heterocycles. The van der Waals surface area contributed by atoms with Crippen LogP contribution in [0.2, 0.25) is 0 Å². The molecule has 1 aliphatic rings. The van der Waals surface area contributed by atoms with E-state index in [-0.39, 0.29) is 13.2 Å². The lowest BCUT2D eigenvalue weighted by atomic mass is 9.86. The second kappa shape index (κ2) is 9.33. The van der Waals surface area contributed by atoms with E-state index in [2.05, 4.69) is 20.6 Å². The molecule has 0 fully saturated rings. The van der Waals surface area contributed by atoms with Gasteiger partial charge in [-0.3, -0.25) is 4.79 Å². The third kappa shape index (κ3) is 4.97. The average molecular weight is 450 g/mol. The van der Waals surface area contributed by atoms with Gasteiger partial charge in [0.25, 0.3) is 0 Å². The zero-order valence-electron chi connectivity index (χ0n) is 18.7. The first-order valence-electron chi connectivity index (χ1n) is 10.5. The number of nitrogens with zero attached hydrogens (tertiary/aromatic N) is 3. The summed E-state index contributed by atoms with van der Waals surface area (Å²) in [7, 11) is 1.93. The van der Waals surface area contributed by atoms with Gasteiger partial charge in [0.15, 0.2) is 11.6 Å². The van der Waals surface area contributed by atoms with Gasteiger partial charge < -0.3 is 20.6 Å². The minimum atomic E-state index is -0.993. The largest absolute Gasteiger partial charge is 0.395 e. The lowest BCUT2D eigenvalue weighted by Gasteiger charge is -2.30. The number of aromatic nitrogens is 2. The number of hydrogen-bond donors (Lipinski definition) is 3. The summed E-state index contributed by atoms with van der Waals surface area (Å²) in [5, 5.41) is 18.8. The molecule has 0 saturated heterocycles. The van der Waals surface area contributed by atoms with E-state index in [1.165, 1.54) is 10.7 Å². The Labute approximate surface area is 185 Å². The number of likely N-dealkylation sites (N-methyl/N-ethyl adjacent to an activating group) is 1. The lowest BCUT2D eigenvalue weighted by molar-refractivity contribution is -0.125. The summed E-state index contributed by atoms with van der Waals surface area (Å²) in [6, 6.07) is 2.06. The molecule has 8 nitrogen and oxygen atoms in total. The number of amides is 2. The summed E-state index contributed by atoms with van der Waals surface area (Å²) >= 11 is 0. The predicted molar refractivity (Wildman–Crippen MR) is 115 cm³/mol. The molecule has 2 amide bonds. The molecule has 3 N–H and O–H groups in total. The molecule has 0 aliphatic carbocycles. The van der Waals surface area contributed by atoms with E-state index < -0.39 is 35.0 Å². The number of fused-ring (bicyclic) bond motifs is 1. The number of aliphatic hydroxyl groups is 1. The number of carbonyl (C=O) groups excluding carboxylic acids is 2. The third-order valence-corrected chi connectivity index (χ3v) is 5.44. The highest BCUT2D eigenvalue weighted by molar-refractivity contribution is 5.89. The Bertz CT molecular complexity index is 1020. The van der Waals surface area contributed by atoms with Gasteiger partial charge in [-0.2, -0.15) is 9.78 Å². The van der Waals surface area contributed by atoms with Crippen molar-refractivity contribution in [3.63, 3.8) is 0 Å². The highest BCUT2D eigenvalue weighted by Gasteiger charge is 2.35. The van der Waals surface area contributed by atoms with E-state index in [0.717, 1.165) is 17.7 Å². The number of benzene rings is 1. The van der Waals surface area contributed by atoms with E-state index >= 15 is 0 Å². The molecule has 2 aromatic rings. The van der Waals surface area contributed by atoms with E-state index in [4.69, 9.17) is 5.11 Å². The fraction of sp³-hybridized carbons (Fsp3) is 0.500. The molecule has 2 heterocycles. The SMILES string of the molecule is CN1CCc2c(c(-c3ccc(F)c(F)c3)nn2C(=O)NC(C(=O)NCCO)C(C)(C)C)C1. The topological polar surface area (TPSA) is 99.5 Å². The summed E-state index contributed by atoms with van der Waals surface area (Å²) in [6.45, 7) is 6.50. The fourth-order valence-corrected chi connectivity index (χ4v) is 3.74. The van der Waals surface area contributed by atoms with Crippen LogP contribution in [-0.4, -0.2) is 64.5 Å². The van der Waals surface area contributed by atoms with Gasteiger partial charge in [0, 0.05) is 37.2 Å². The number of carbonyl (C=O) groups is 2. The minimum absolute atomic E-state index is 0.0745. The van der Waals surface area contributed by atoms with Crippen molar-refractivity contribution in [1.29, 1.82) is 0 Å². The molecule has 1 aliphatic heterocycles.